The average molecular weight is 628 g/mol. The molecular weight excluding hydrogens is 599 g/mol. The van der Waals surface area contributed by atoms with Crippen LogP contribution in [0.2, 0.25) is 0 Å². The zero-order chi connectivity index (χ0) is 32.3. The minimum absolute atomic E-state index is 0.845. The van der Waals surface area contributed by atoms with E-state index in [0.717, 1.165) is 72.1 Å². The van der Waals surface area contributed by atoms with Crippen LogP contribution in [-0.2, 0) is 0 Å². The van der Waals surface area contributed by atoms with Crippen LogP contribution in [0.5, 0.6) is 0 Å². The van der Waals surface area contributed by atoms with E-state index in [1.165, 1.54) is 21.9 Å². The summed E-state index contributed by atoms with van der Waals surface area (Å²) < 4.78 is 13.1. The summed E-state index contributed by atoms with van der Waals surface area (Å²) in [6.45, 7) is 0. The van der Waals surface area contributed by atoms with Gasteiger partial charge in [0.25, 0.3) is 0 Å². The van der Waals surface area contributed by atoms with Crippen molar-refractivity contribution in [3.63, 3.8) is 0 Å². The van der Waals surface area contributed by atoms with Gasteiger partial charge in [0.2, 0.25) is 0 Å². The van der Waals surface area contributed by atoms with Crippen LogP contribution < -0.4 is 4.90 Å². The molecule has 3 heteroatoms. The second kappa shape index (κ2) is 11.0. The molecule has 0 spiro atoms. The molecule has 0 saturated carbocycles. The molecule has 230 valence electrons. The minimum atomic E-state index is 0.845. The average Bonchev–Trinajstić information content (AvgIpc) is 3.74. The Bertz CT molecular complexity index is 2820. The van der Waals surface area contributed by atoms with Crippen molar-refractivity contribution >= 4 is 71.7 Å². The molecule has 49 heavy (non-hydrogen) atoms. The number of anilines is 3. The minimum Gasteiger partial charge on any atom is -0.456 e. The number of hydrogen-bond acceptors (Lipinski definition) is 3. The van der Waals surface area contributed by atoms with E-state index < -0.39 is 0 Å². The normalized spacial score (nSPS) is 11.7. The van der Waals surface area contributed by atoms with Crippen LogP contribution in [0.25, 0.3) is 76.9 Å². The number of fused-ring (bicyclic) bond motifs is 7. The smallest absolute Gasteiger partial charge is 0.160 e. The molecule has 10 rings (SSSR count). The lowest BCUT2D eigenvalue weighted by molar-refractivity contribution is 0.669. The maximum absolute atomic E-state index is 6.79. The number of nitrogens with zero attached hydrogens (tertiary/aromatic N) is 1. The van der Waals surface area contributed by atoms with Gasteiger partial charge in [0, 0.05) is 38.5 Å². The van der Waals surface area contributed by atoms with Gasteiger partial charge < -0.3 is 13.7 Å². The number of rotatable bonds is 5. The predicted molar refractivity (Wildman–Crippen MR) is 204 cm³/mol. The summed E-state index contributed by atoms with van der Waals surface area (Å²) >= 11 is 0. The molecule has 0 N–H and O–H groups in total. The van der Waals surface area contributed by atoms with Gasteiger partial charge in [0.1, 0.15) is 16.7 Å². The Balaban J connectivity index is 1.26. The van der Waals surface area contributed by atoms with Crippen LogP contribution >= 0.6 is 0 Å². The van der Waals surface area contributed by atoms with E-state index in [1.807, 2.05) is 24.3 Å². The third-order valence-electron chi connectivity index (χ3n) is 9.67. The fourth-order valence-corrected chi connectivity index (χ4v) is 7.37. The Morgan fingerprint density at radius 1 is 0.347 bits per heavy atom. The van der Waals surface area contributed by atoms with Crippen molar-refractivity contribution in [2.45, 2.75) is 0 Å². The fraction of sp³-hybridized carbons (Fsp3) is 0. The summed E-state index contributed by atoms with van der Waals surface area (Å²) in [5, 5.41) is 6.82. The molecule has 0 radical (unpaired) electrons. The second-order valence-corrected chi connectivity index (χ2v) is 12.5. The highest BCUT2D eigenvalue weighted by atomic mass is 16.3. The van der Waals surface area contributed by atoms with Gasteiger partial charge in [-0.15, -0.1) is 0 Å². The summed E-state index contributed by atoms with van der Waals surface area (Å²) in [6, 6.07) is 62.0. The van der Waals surface area contributed by atoms with Crippen molar-refractivity contribution < 1.29 is 8.83 Å². The topological polar surface area (TPSA) is 29.5 Å². The van der Waals surface area contributed by atoms with E-state index in [1.54, 1.807) is 0 Å². The van der Waals surface area contributed by atoms with Crippen LogP contribution in [-0.4, -0.2) is 0 Å². The van der Waals surface area contributed by atoms with Crippen molar-refractivity contribution in [1.29, 1.82) is 0 Å². The van der Waals surface area contributed by atoms with Crippen molar-refractivity contribution in [2.24, 2.45) is 0 Å². The molecule has 0 amide bonds. The molecule has 2 aromatic heterocycles. The van der Waals surface area contributed by atoms with E-state index in [4.69, 9.17) is 8.83 Å². The summed E-state index contributed by atoms with van der Waals surface area (Å²) in [6.07, 6.45) is 0. The lowest BCUT2D eigenvalue weighted by atomic mass is 9.97. The third-order valence-corrected chi connectivity index (χ3v) is 9.67. The molecule has 0 bridgehead atoms. The molecular formula is C46H29NO2. The predicted octanol–water partition coefficient (Wildman–Crippen LogP) is 13.4. The van der Waals surface area contributed by atoms with Gasteiger partial charge in [-0.05, 0) is 76.0 Å². The number of hydrogen-bond donors (Lipinski definition) is 0. The van der Waals surface area contributed by atoms with E-state index in [-0.39, 0.29) is 0 Å². The van der Waals surface area contributed by atoms with E-state index in [9.17, 15) is 0 Å². The largest absolute Gasteiger partial charge is 0.456 e. The van der Waals surface area contributed by atoms with Crippen LogP contribution in [0.1, 0.15) is 0 Å². The monoisotopic (exact) mass is 627 g/mol. The summed E-state index contributed by atoms with van der Waals surface area (Å²) in [7, 11) is 0. The van der Waals surface area contributed by atoms with Crippen LogP contribution in [0.4, 0.5) is 17.1 Å². The highest BCUT2D eigenvalue weighted by Gasteiger charge is 2.24. The Labute approximate surface area is 282 Å². The van der Waals surface area contributed by atoms with E-state index >= 15 is 0 Å². The Hall–Kier alpha value is -6.58. The van der Waals surface area contributed by atoms with Crippen LogP contribution in [0, 0.1) is 0 Å². The van der Waals surface area contributed by atoms with Gasteiger partial charge in [-0.25, -0.2) is 0 Å². The molecule has 0 aliphatic rings. The van der Waals surface area contributed by atoms with Gasteiger partial charge in [-0.2, -0.15) is 0 Å². The molecule has 10 aromatic rings. The first-order valence-electron chi connectivity index (χ1n) is 16.6. The highest BCUT2D eigenvalue weighted by Crippen LogP contribution is 2.48. The van der Waals surface area contributed by atoms with E-state index in [2.05, 4.69) is 157 Å². The van der Waals surface area contributed by atoms with Gasteiger partial charge in [0.05, 0.1) is 5.69 Å². The molecule has 0 saturated heterocycles. The fourth-order valence-electron chi connectivity index (χ4n) is 7.37. The number of furan rings is 2. The highest BCUT2D eigenvalue weighted by molar-refractivity contribution is 6.14. The van der Waals surface area contributed by atoms with Crippen molar-refractivity contribution in [3.8, 4) is 22.3 Å². The maximum Gasteiger partial charge on any atom is 0.160 e. The van der Waals surface area contributed by atoms with Gasteiger partial charge in [-0.3, -0.25) is 0 Å². The first-order valence-corrected chi connectivity index (χ1v) is 16.6. The molecule has 2 heterocycles. The molecule has 0 aliphatic heterocycles. The molecule has 0 aliphatic carbocycles. The standard InChI is InChI=1S/C46H29NO2/c1-2-11-31(12-3-1)37-26-27-40-38-16-6-9-20-43(38)49-46(40)45(37)47(34-25-28-44-41(29-34)39-17-7-8-19-42(39)48-44)33-23-21-32(22-24-33)36-18-10-14-30-13-4-5-15-35(30)36/h1-29H. The first kappa shape index (κ1) is 27.5. The summed E-state index contributed by atoms with van der Waals surface area (Å²) in [4.78, 5) is 2.35. The first-order chi connectivity index (χ1) is 24.3. The number of benzene rings is 8. The maximum atomic E-state index is 6.79. The zero-order valence-electron chi connectivity index (χ0n) is 26.5. The quantitative estimate of drug-likeness (QED) is 0.190. The molecule has 0 fully saturated rings. The lowest BCUT2D eigenvalue weighted by Crippen LogP contribution is -2.11. The molecule has 8 aromatic carbocycles. The Morgan fingerprint density at radius 2 is 0.959 bits per heavy atom. The van der Waals surface area contributed by atoms with Gasteiger partial charge in [-0.1, -0.05) is 127 Å². The number of para-hydroxylation sites is 2. The molecule has 0 unspecified atom stereocenters. The SMILES string of the molecule is c1ccc(-c2ccc3c(oc4ccccc43)c2N(c2ccc(-c3cccc4ccccc34)cc2)c2ccc3oc4ccccc4c3c2)cc1. The van der Waals surface area contributed by atoms with Crippen LogP contribution in [0.15, 0.2) is 185 Å². The summed E-state index contributed by atoms with van der Waals surface area (Å²) in [5.41, 5.74) is 11.1. The molecule has 3 nitrogen and oxygen atoms in total. The van der Waals surface area contributed by atoms with E-state index in [0.29, 0.717) is 0 Å². The van der Waals surface area contributed by atoms with Crippen molar-refractivity contribution in [1.82, 2.24) is 0 Å². The molecule has 0 atom stereocenters. The Kier molecular flexibility index (Phi) is 6.18. The third kappa shape index (κ3) is 4.44. The second-order valence-electron chi connectivity index (χ2n) is 12.5. The summed E-state index contributed by atoms with van der Waals surface area (Å²) in [5.74, 6) is 0. The van der Waals surface area contributed by atoms with Crippen molar-refractivity contribution in [3.05, 3.63) is 176 Å². The van der Waals surface area contributed by atoms with Gasteiger partial charge in [0.15, 0.2) is 5.58 Å². The Morgan fingerprint density at radius 3 is 1.78 bits per heavy atom. The lowest BCUT2D eigenvalue weighted by Gasteiger charge is -2.28. The van der Waals surface area contributed by atoms with Crippen molar-refractivity contribution in [2.75, 3.05) is 4.90 Å². The van der Waals surface area contributed by atoms with Crippen LogP contribution in [0.3, 0.4) is 0 Å². The van der Waals surface area contributed by atoms with Gasteiger partial charge >= 0.3 is 0 Å². The zero-order valence-corrected chi connectivity index (χ0v) is 26.5.